The first-order valence-electron chi connectivity index (χ1n) is 4.02. The number of halogens is 1. The summed E-state index contributed by atoms with van der Waals surface area (Å²) in [4.78, 5) is 0. The first kappa shape index (κ1) is 10.0. The largest absolute Gasteiger partial charge is 0.152 e. The van der Waals surface area contributed by atoms with Gasteiger partial charge in [0, 0.05) is 5.33 Å². The zero-order valence-corrected chi connectivity index (χ0v) is 9.78. The molecule has 0 nitrogen and oxygen atoms in total. The van der Waals surface area contributed by atoms with Crippen LogP contribution in [0.2, 0.25) is 0 Å². The van der Waals surface area contributed by atoms with Crippen molar-refractivity contribution in [2.75, 3.05) is 5.33 Å². The number of alkyl halides is 1. The molecule has 0 saturated heterocycles. The van der Waals surface area contributed by atoms with Crippen molar-refractivity contribution < 1.29 is 0 Å². The Kier molecular flexibility index (Phi) is 4.02. The molecule has 0 saturated carbocycles. The van der Waals surface area contributed by atoms with E-state index in [0.717, 1.165) is 5.33 Å². The summed E-state index contributed by atoms with van der Waals surface area (Å²) in [6.07, 6.45) is 2.26. The maximum atomic E-state index is 3.50. The lowest BCUT2D eigenvalue weighted by molar-refractivity contribution is 0.781. The zero-order valence-electron chi connectivity index (χ0n) is 7.38. The maximum absolute atomic E-state index is 3.50. The van der Waals surface area contributed by atoms with Crippen LogP contribution in [0.15, 0.2) is 22.4 Å². The van der Waals surface area contributed by atoms with Gasteiger partial charge in [-0.25, -0.2) is 0 Å². The highest BCUT2D eigenvalue weighted by Gasteiger charge is 2.00. The lowest BCUT2D eigenvalue weighted by Crippen LogP contribution is -1.94. The van der Waals surface area contributed by atoms with Crippen molar-refractivity contribution in [3.05, 3.63) is 28.0 Å². The van der Waals surface area contributed by atoms with Crippen LogP contribution >= 0.6 is 27.3 Å². The first-order chi connectivity index (χ1) is 5.74. The molecule has 66 valence electrons. The van der Waals surface area contributed by atoms with E-state index in [2.05, 4.69) is 52.7 Å². The zero-order chi connectivity index (χ0) is 8.97. The molecule has 0 aliphatic carbocycles. The van der Waals surface area contributed by atoms with Crippen molar-refractivity contribution in [1.29, 1.82) is 0 Å². The smallest absolute Gasteiger partial charge is 0.0247 e. The van der Waals surface area contributed by atoms with Gasteiger partial charge >= 0.3 is 0 Å². The van der Waals surface area contributed by atoms with Gasteiger partial charge in [-0.3, -0.25) is 0 Å². The topological polar surface area (TPSA) is 0 Å². The summed E-state index contributed by atoms with van der Waals surface area (Å²) >= 11 is 5.24. The van der Waals surface area contributed by atoms with E-state index in [1.54, 1.807) is 11.3 Å². The van der Waals surface area contributed by atoms with Gasteiger partial charge in [0.25, 0.3) is 0 Å². The number of thiophene rings is 1. The van der Waals surface area contributed by atoms with Gasteiger partial charge in [0.2, 0.25) is 0 Å². The predicted octanol–water partition coefficient (Wildman–Crippen LogP) is 4.18. The molecule has 0 fully saturated rings. The standard InChI is InChI=1S/C10H13BrS/c1-8(2)10(6-11)5-9-3-4-12-7-9/h3-5,7-8H,6H2,1-2H3. The first-order valence-corrected chi connectivity index (χ1v) is 6.09. The van der Waals surface area contributed by atoms with E-state index >= 15 is 0 Å². The highest BCUT2D eigenvalue weighted by atomic mass is 79.9. The minimum absolute atomic E-state index is 0.629. The van der Waals surface area contributed by atoms with Crippen LogP contribution in [0.1, 0.15) is 19.4 Å². The quantitative estimate of drug-likeness (QED) is 0.700. The Hall–Kier alpha value is -0.0800. The van der Waals surface area contributed by atoms with Crippen LogP contribution in [-0.4, -0.2) is 5.33 Å². The van der Waals surface area contributed by atoms with Gasteiger partial charge < -0.3 is 0 Å². The third-order valence-corrected chi connectivity index (χ3v) is 3.14. The summed E-state index contributed by atoms with van der Waals surface area (Å²) in [6.45, 7) is 4.44. The number of hydrogen-bond donors (Lipinski definition) is 0. The second kappa shape index (κ2) is 4.83. The van der Waals surface area contributed by atoms with Crippen molar-refractivity contribution in [1.82, 2.24) is 0 Å². The fourth-order valence-electron chi connectivity index (χ4n) is 0.931. The Morgan fingerprint density at radius 2 is 2.42 bits per heavy atom. The Balaban J connectivity index is 2.78. The van der Waals surface area contributed by atoms with Crippen LogP contribution < -0.4 is 0 Å². The fourth-order valence-corrected chi connectivity index (χ4v) is 2.36. The Morgan fingerprint density at radius 3 is 2.83 bits per heavy atom. The van der Waals surface area contributed by atoms with E-state index in [4.69, 9.17) is 0 Å². The van der Waals surface area contributed by atoms with Gasteiger partial charge in [-0.05, 0) is 28.3 Å². The summed E-state index contributed by atoms with van der Waals surface area (Å²) in [5.41, 5.74) is 2.77. The van der Waals surface area contributed by atoms with Crippen molar-refractivity contribution >= 4 is 33.3 Å². The molecule has 0 radical (unpaired) electrons. The molecule has 0 amide bonds. The molecule has 0 aliphatic rings. The monoisotopic (exact) mass is 244 g/mol. The maximum Gasteiger partial charge on any atom is 0.0247 e. The molecule has 0 unspecified atom stereocenters. The van der Waals surface area contributed by atoms with E-state index in [-0.39, 0.29) is 0 Å². The molecular formula is C10H13BrS. The Morgan fingerprint density at radius 1 is 1.67 bits per heavy atom. The summed E-state index contributed by atoms with van der Waals surface area (Å²) < 4.78 is 0. The Labute approximate surface area is 86.4 Å². The lowest BCUT2D eigenvalue weighted by Gasteiger charge is -2.06. The predicted molar refractivity (Wildman–Crippen MR) is 60.9 cm³/mol. The van der Waals surface area contributed by atoms with Crippen molar-refractivity contribution in [3.8, 4) is 0 Å². The lowest BCUT2D eigenvalue weighted by atomic mass is 10.0. The molecule has 0 aromatic carbocycles. The summed E-state index contributed by atoms with van der Waals surface area (Å²) in [6, 6.07) is 2.15. The third-order valence-electron chi connectivity index (χ3n) is 1.79. The minimum atomic E-state index is 0.629. The molecule has 0 aliphatic heterocycles. The molecule has 0 spiro atoms. The average Bonchev–Trinajstić information content (AvgIpc) is 2.51. The van der Waals surface area contributed by atoms with E-state index in [0.29, 0.717) is 5.92 Å². The van der Waals surface area contributed by atoms with Gasteiger partial charge in [-0.1, -0.05) is 41.4 Å². The number of rotatable bonds is 3. The highest BCUT2D eigenvalue weighted by molar-refractivity contribution is 9.09. The van der Waals surface area contributed by atoms with Crippen LogP contribution in [0.3, 0.4) is 0 Å². The van der Waals surface area contributed by atoms with Crippen LogP contribution in [0, 0.1) is 5.92 Å². The van der Waals surface area contributed by atoms with Gasteiger partial charge in [-0.2, -0.15) is 11.3 Å². The van der Waals surface area contributed by atoms with E-state index < -0.39 is 0 Å². The highest BCUT2D eigenvalue weighted by Crippen LogP contribution is 2.18. The van der Waals surface area contributed by atoms with Crippen LogP contribution in [0.4, 0.5) is 0 Å². The molecule has 1 aromatic heterocycles. The fraction of sp³-hybridized carbons (Fsp3) is 0.400. The molecule has 1 heterocycles. The number of allylic oxidation sites excluding steroid dienone is 1. The molecule has 1 aromatic rings. The molecule has 12 heavy (non-hydrogen) atoms. The molecule has 0 bridgehead atoms. The van der Waals surface area contributed by atoms with Crippen LogP contribution in [0.5, 0.6) is 0 Å². The average molecular weight is 245 g/mol. The van der Waals surface area contributed by atoms with Crippen LogP contribution in [0.25, 0.3) is 6.08 Å². The molecule has 2 heteroatoms. The second-order valence-electron chi connectivity index (χ2n) is 3.06. The number of hydrogen-bond acceptors (Lipinski definition) is 1. The van der Waals surface area contributed by atoms with Crippen molar-refractivity contribution in [2.24, 2.45) is 5.92 Å². The molecular weight excluding hydrogens is 232 g/mol. The van der Waals surface area contributed by atoms with Crippen molar-refractivity contribution in [3.63, 3.8) is 0 Å². The normalized spacial score (nSPS) is 12.5. The van der Waals surface area contributed by atoms with E-state index in [1.807, 2.05) is 0 Å². The Bertz CT molecular complexity index is 247. The van der Waals surface area contributed by atoms with Gasteiger partial charge in [-0.15, -0.1) is 0 Å². The third kappa shape index (κ3) is 2.76. The van der Waals surface area contributed by atoms with Gasteiger partial charge in [0.05, 0.1) is 0 Å². The minimum Gasteiger partial charge on any atom is -0.152 e. The molecule has 0 atom stereocenters. The summed E-state index contributed by atoms with van der Waals surface area (Å²) in [7, 11) is 0. The SMILES string of the molecule is CC(C)C(=Cc1ccsc1)CBr. The van der Waals surface area contributed by atoms with Gasteiger partial charge in [0.1, 0.15) is 0 Å². The molecule has 1 rings (SSSR count). The van der Waals surface area contributed by atoms with Gasteiger partial charge in [0.15, 0.2) is 0 Å². The van der Waals surface area contributed by atoms with Crippen molar-refractivity contribution in [2.45, 2.75) is 13.8 Å². The summed E-state index contributed by atoms with van der Waals surface area (Å²) in [5.74, 6) is 0.629. The van der Waals surface area contributed by atoms with E-state index in [9.17, 15) is 0 Å². The second-order valence-corrected chi connectivity index (χ2v) is 4.41. The van der Waals surface area contributed by atoms with E-state index in [1.165, 1.54) is 11.1 Å². The summed E-state index contributed by atoms with van der Waals surface area (Å²) in [5, 5.41) is 5.25. The molecule has 0 N–H and O–H groups in total. The van der Waals surface area contributed by atoms with Crippen LogP contribution in [-0.2, 0) is 0 Å².